The number of hydrogen-bond acceptors (Lipinski definition) is 2. The summed E-state index contributed by atoms with van der Waals surface area (Å²) in [6, 6.07) is 10.1. The molecule has 0 atom stereocenters. The van der Waals surface area contributed by atoms with Crippen molar-refractivity contribution in [1.82, 2.24) is 0 Å². The zero-order valence-corrected chi connectivity index (χ0v) is 13.5. The molecule has 2 rings (SSSR count). The van der Waals surface area contributed by atoms with Crippen LogP contribution in [0.2, 0.25) is 0 Å². The van der Waals surface area contributed by atoms with Crippen LogP contribution in [-0.2, 0) is 0 Å². The maximum absolute atomic E-state index is 13.4. The number of ether oxygens (including phenoxy) is 1. The van der Waals surface area contributed by atoms with Crippen molar-refractivity contribution < 1.29 is 13.5 Å². The van der Waals surface area contributed by atoms with Gasteiger partial charge in [-0.25, -0.2) is 4.39 Å². The summed E-state index contributed by atoms with van der Waals surface area (Å²) >= 11 is 6.46. The standard InChI is InChI=1S/C14H11Br2F2NO/c15-9-2-1-3-11(6-9)19-4-5-20-13-8-10(16)7-12(17)14(13)18/h1-3,6-8,19H,4-5H2. The molecule has 0 aliphatic heterocycles. The second kappa shape index (κ2) is 7.04. The fourth-order valence-corrected chi connectivity index (χ4v) is 2.40. The van der Waals surface area contributed by atoms with Crippen LogP contribution in [0.15, 0.2) is 45.3 Å². The van der Waals surface area contributed by atoms with Crippen molar-refractivity contribution in [3.8, 4) is 5.75 Å². The molecule has 0 amide bonds. The van der Waals surface area contributed by atoms with Gasteiger partial charge in [0.05, 0.1) is 0 Å². The Hall–Kier alpha value is -1.14. The largest absolute Gasteiger partial charge is 0.489 e. The maximum Gasteiger partial charge on any atom is 0.200 e. The number of halogens is 4. The Morgan fingerprint density at radius 2 is 1.85 bits per heavy atom. The summed E-state index contributed by atoms with van der Waals surface area (Å²) in [6.07, 6.45) is 0. The van der Waals surface area contributed by atoms with Crippen LogP contribution in [0, 0.1) is 11.6 Å². The fourth-order valence-electron chi connectivity index (χ4n) is 1.59. The van der Waals surface area contributed by atoms with Crippen molar-refractivity contribution in [2.45, 2.75) is 0 Å². The second-order valence-electron chi connectivity index (χ2n) is 3.99. The molecule has 0 aliphatic rings. The van der Waals surface area contributed by atoms with Gasteiger partial charge in [0, 0.05) is 21.2 Å². The molecule has 1 N–H and O–H groups in total. The molecule has 0 aromatic heterocycles. The first-order chi connectivity index (χ1) is 9.56. The molecule has 6 heteroatoms. The smallest absolute Gasteiger partial charge is 0.200 e. The van der Waals surface area contributed by atoms with Crippen molar-refractivity contribution in [1.29, 1.82) is 0 Å². The van der Waals surface area contributed by atoms with Gasteiger partial charge in [0.2, 0.25) is 5.82 Å². The van der Waals surface area contributed by atoms with Gasteiger partial charge in [-0.15, -0.1) is 0 Å². The molecule has 2 aromatic rings. The van der Waals surface area contributed by atoms with E-state index in [1.165, 1.54) is 6.07 Å². The van der Waals surface area contributed by atoms with E-state index in [1.54, 1.807) is 0 Å². The normalized spacial score (nSPS) is 10.4. The van der Waals surface area contributed by atoms with Crippen LogP contribution in [0.25, 0.3) is 0 Å². The third kappa shape index (κ3) is 4.18. The molecule has 0 aliphatic carbocycles. The molecule has 0 spiro atoms. The summed E-state index contributed by atoms with van der Waals surface area (Å²) in [5, 5.41) is 3.12. The van der Waals surface area contributed by atoms with Gasteiger partial charge in [-0.05, 0) is 30.3 Å². The molecule has 0 heterocycles. The van der Waals surface area contributed by atoms with Gasteiger partial charge in [-0.2, -0.15) is 4.39 Å². The average Bonchev–Trinajstić information content (AvgIpc) is 2.40. The van der Waals surface area contributed by atoms with Crippen LogP contribution in [0.3, 0.4) is 0 Å². The van der Waals surface area contributed by atoms with Crippen LogP contribution in [0.1, 0.15) is 0 Å². The van der Waals surface area contributed by atoms with Crippen molar-refractivity contribution in [3.05, 3.63) is 57.0 Å². The predicted molar refractivity (Wildman–Crippen MR) is 82.2 cm³/mol. The zero-order valence-electron chi connectivity index (χ0n) is 10.3. The quantitative estimate of drug-likeness (QED) is 0.558. The van der Waals surface area contributed by atoms with E-state index in [0.29, 0.717) is 11.0 Å². The lowest BCUT2D eigenvalue weighted by Gasteiger charge is -2.10. The van der Waals surface area contributed by atoms with Crippen LogP contribution in [0.4, 0.5) is 14.5 Å². The maximum atomic E-state index is 13.4. The van der Waals surface area contributed by atoms with E-state index >= 15 is 0 Å². The molecule has 0 radical (unpaired) electrons. The van der Waals surface area contributed by atoms with E-state index in [-0.39, 0.29) is 12.4 Å². The monoisotopic (exact) mass is 405 g/mol. The molecular formula is C14H11Br2F2NO. The Balaban J connectivity index is 1.87. The van der Waals surface area contributed by atoms with Crippen molar-refractivity contribution >= 4 is 37.5 Å². The van der Waals surface area contributed by atoms with Gasteiger partial charge in [-0.3, -0.25) is 0 Å². The topological polar surface area (TPSA) is 21.3 Å². The van der Waals surface area contributed by atoms with Gasteiger partial charge in [0.15, 0.2) is 11.6 Å². The van der Waals surface area contributed by atoms with Gasteiger partial charge in [-0.1, -0.05) is 37.9 Å². The van der Waals surface area contributed by atoms with Crippen molar-refractivity contribution in [2.75, 3.05) is 18.5 Å². The number of rotatable bonds is 5. The first-order valence-corrected chi connectivity index (χ1v) is 7.41. The van der Waals surface area contributed by atoms with Gasteiger partial charge in [0.25, 0.3) is 0 Å². The first kappa shape index (κ1) is 15.3. The molecule has 0 saturated heterocycles. The SMILES string of the molecule is Fc1cc(Br)cc(OCCNc2cccc(Br)c2)c1F. The summed E-state index contributed by atoms with van der Waals surface area (Å²) in [6.45, 7) is 0.698. The predicted octanol–water partition coefficient (Wildman–Crippen LogP) is 4.98. The van der Waals surface area contributed by atoms with E-state index in [4.69, 9.17) is 4.74 Å². The molecule has 20 heavy (non-hydrogen) atoms. The minimum absolute atomic E-state index is 0.104. The lowest BCUT2D eigenvalue weighted by Crippen LogP contribution is -2.12. The summed E-state index contributed by atoms with van der Waals surface area (Å²) < 4.78 is 33.2. The fraction of sp³-hybridized carbons (Fsp3) is 0.143. The van der Waals surface area contributed by atoms with Crippen LogP contribution in [0.5, 0.6) is 5.75 Å². The molecule has 0 saturated carbocycles. The highest BCUT2D eigenvalue weighted by Gasteiger charge is 2.10. The van der Waals surface area contributed by atoms with E-state index in [2.05, 4.69) is 37.2 Å². The molecule has 2 aromatic carbocycles. The van der Waals surface area contributed by atoms with Crippen LogP contribution in [-0.4, -0.2) is 13.2 Å². The number of anilines is 1. The van der Waals surface area contributed by atoms with Crippen LogP contribution >= 0.6 is 31.9 Å². The van der Waals surface area contributed by atoms with Gasteiger partial charge < -0.3 is 10.1 Å². The second-order valence-corrected chi connectivity index (χ2v) is 5.82. The third-order valence-electron chi connectivity index (χ3n) is 2.47. The summed E-state index contributed by atoms with van der Waals surface area (Å²) in [5.74, 6) is -2.02. The Morgan fingerprint density at radius 1 is 1.05 bits per heavy atom. The number of hydrogen-bond donors (Lipinski definition) is 1. The number of nitrogens with one attached hydrogen (secondary N) is 1. The molecule has 2 nitrogen and oxygen atoms in total. The summed E-state index contributed by atoms with van der Waals surface area (Å²) in [7, 11) is 0. The summed E-state index contributed by atoms with van der Waals surface area (Å²) in [5.41, 5.74) is 0.920. The minimum Gasteiger partial charge on any atom is -0.489 e. The first-order valence-electron chi connectivity index (χ1n) is 5.83. The van der Waals surface area contributed by atoms with E-state index in [0.717, 1.165) is 16.2 Å². The Labute approximate surface area is 132 Å². The van der Waals surface area contributed by atoms with Crippen LogP contribution < -0.4 is 10.1 Å². The lowest BCUT2D eigenvalue weighted by molar-refractivity contribution is 0.308. The molecule has 0 fully saturated rings. The molecule has 0 bridgehead atoms. The average molecular weight is 407 g/mol. The van der Waals surface area contributed by atoms with Gasteiger partial charge in [0.1, 0.15) is 6.61 Å². The molecule has 0 unspecified atom stereocenters. The highest BCUT2D eigenvalue weighted by Crippen LogP contribution is 2.25. The van der Waals surface area contributed by atoms with E-state index < -0.39 is 11.6 Å². The molecular weight excluding hydrogens is 396 g/mol. The highest BCUT2D eigenvalue weighted by molar-refractivity contribution is 9.10. The van der Waals surface area contributed by atoms with Crippen molar-refractivity contribution in [3.63, 3.8) is 0 Å². The Morgan fingerprint density at radius 3 is 2.60 bits per heavy atom. The number of benzene rings is 2. The molecule has 106 valence electrons. The van der Waals surface area contributed by atoms with Crippen molar-refractivity contribution in [2.24, 2.45) is 0 Å². The zero-order chi connectivity index (χ0) is 14.5. The lowest BCUT2D eigenvalue weighted by atomic mass is 10.3. The summed E-state index contributed by atoms with van der Waals surface area (Å²) in [4.78, 5) is 0. The Kier molecular flexibility index (Phi) is 5.37. The highest BCUT2D eigenvalue weighted by atomic mass is 79.9. The Bertz CT molecular complexity index is 608. The third-order valence-corrected chi connectivity index (χ3v) is 3.42. The van der Waals surface area contributed by atoms with Gasteiger partial charge >= 0.3 is 0 Å². The van der Waals surface area contributed by atoms with E-state index in [9.17, 15) is 8.78 Å². The minimum atomic E-state index is -0.976. The van der Waals surface area contributed by atoms with E-state index in [1.807, 2.05) is 24.3 Å².